The van der Waals surface area contributed by atoms with Gasteiger partial charge >= 0.3 is 5.97 Å². The molecule has 0 aliphatic carbocycles. The summed E-state index contributed by atoms with van der Waals surface area (Å²) in [5, 5.41) is 12.0. The van der Waals surface area contributed by atoms with E-state index in [0.29, 0.717) is 13.0 Å². The molecule has 0 amide bonds. The maximum Gasteiger partial charge on any atom is 0.306 e. The monoisotopic (exact) mass is 235 g/mol. The van der Waals surface area contributed by atoms with Crippen molar-refractivity contribution >= 4 is 11.7 Å². The molecule has 3 nitrogen and oxygen atoms in total. The number of aryl methyl sites for hydroxylation is 1. The van der Waals surface area contributed by atoms with Gasteiger partial charge in [0.15, 0.2) is 0 Å². The van der Waals surface area contributed by atoms with Crippen molar-refractivity contribution in [3.8, 4) is 0 Å². The fourth-order valence-corrected chi connectivity index (χ4v) is 1.63. The second-order valence-corrected chi connectivity index (χ2v) is 4.40. The highest BCUT2D eigenvalue weighted by molar-refractivity contribution is 5.69. The van der Waals surface area contributed by atoms with Crippen LogP contribution in [0.3, 0.4) is 0 Å². The maximum atomic E-state index is 10.6. The predicted octanol–water partition coefficient (Wildman–Crippen LogP) is 3.16. The lowest BCUT2D eigenvalue weighted by atomic mass is 10.1. The molecule has 1 atom stereocenters. The number of rotatable bonds is 7. The largest absolute Gasteiger partial charge is 0.481 e. The van der Waals surface area contributed by atoms with Crippen LogP contribution in [0.1, 0.15) is 32.3 Å². The predicted molar refractivity (Wildman–Crippen MR) is 70.3 cm³/mol. The molecule has 1 rings (SSSR count). The van der Waals surface area contributed by atoms with Crippen molar-refractivity contribution in [2.24, 2.45) is 5.92 Å². The summed E-state index contributed by atoms with van der Waals surface area (Å²) < 4.78 is 0. The van der Waals surface area contributed by atoms with Gasteiger partial charge in [0.05, 0.1) is 5.92 Å². The molecular weight excluding hydrogens is 214 g/mol. The Kier molecular flexibility index (Phi) is 5.53. The van der Waals surface area contributed by atoms with Gasteiger partial charge in [-0.05, 0) is 30.5 Å². The second-order valence-electron chi connectivity index (χ2n) is 4.40. The Bertz CT molecular complexity index is 346. The second kappa shape index (κ2) is 6.94. The highest BCUT2D eigenvalue weighted by atomic mass is 16.4. The van der Waals surface area contributed by atoms with Crippen molar-refractivity contribution in [3.05, 3.63) is 29.8 Å². The first-order valence-corrected chi connectivity index (χ1v) is 6.19. The van der Waals surface area contributed by atoms with Crippen LogP contribution in [0.25, 0.3) is 0 Å². The molecule has 0 saturated heterocycles. The molecule has 0 spiro atoms. The Morgan fingerprint density at radius 3 is 2.53 bits per heavy atom. The first-order valence-electron chi connectivity index (χ1n) is 6.19. The van der Waals surface area contributed by atoms with Gasteiger partial charge in [-0.25, -0.2) is 0 Å². The molecule has 1 unspecified atom stereocenters. The molecule has 94 valence electrons. The molecule has 1 aromatic carbocycles. The highest BCUT2D eigenvalue weighted by Crippen LogP contribution is 2.11. The maximum absolute atomic E-state index is 10.6. The van der Waals surface area contributed by atoms with E-state index in [1.54, 1.807) is 6.92 Å². The molecule has 1 aromatic rings. The summed E-state index contributed by atoms with van der Waals surface area (Å²) in [5.41, 5.74) is 2.40. The normalized spacial score (nSPS) is 12.1. The van der Waals surface area contributed by atoms with Gasteiger partial charge in [0.25, 0.3) is 0 Å². The van der Waals surface area contributed by atoms with Crippen LogP contribution >= 0.6 is 0 Å². The molecule has 0 aliphatic heterocycles. The van der Waals surface area contributed by atoms with Gasteiger partial charge in [0.2, 0.25) is 0 Å². The van der Waals surface area contributed by atoms with E-state index in [1.165, 1.54) is 5.56 Å². The molecule has 0 heterocycles. The van der Waals surface area contributed by atoms with Gasteiger partial charge in [-0.2, -0.15) is 0 Å². The topological polar surface area (TPSA) is 49.3 Å². The van der Waals surface area contributed by atoms with E-state index in [-0.39, 0.29) is 5.92 Å². The average molecular weight is 235 g/mol. The lowest BCUT2D eigenvalue weighted by Crippen LogP contribution is -2.14. The van der Waals surface area contributed by atoms with E-state index in [2.05, 4.69) is 36.5 Å². The van der Waals surface area contributed by atoms with Crippen LogP contribution in [-0.4, -0.2) is 17.6 Å². The summed E-state index contributed by atoms with van der Waals surface area (Å²) in [6.45, 7) is 4.59. The molecular formula is C14H21NO2. The number of carboxylic acids is 1. The van der Waals surface area contributed by atoms with Crippen molar-refractivity contribution < 1.29 is 9.90 Å². The van der Waals surface area contributed by atoms with Crippen LogP contribution in [0, 0.1) is 5.92 Å². The number of hydrogen-bond acceptors (Lipinski definition) is 2. The van der Waals surface area contributed by atoms with Crippen LogP contribution < -0.4 is 5.32 Å². The first-order chi connectivity index (χ1) is 8.13. The summed E-state index contributed by atoms with van der Waals surface area (Å²) in [4.78, 5) is 10.6. The Hall–Kier alpha value is -1.51. The lowest BCUT2D eigenvalue weighted by Gasteiger charge is -2.09. The van der Waals surface area contributed by atoms with Gasteiger partial charge in [-0.1, -0.05) is 32.4 Å². The molecule has 0 aromatic heterocycles. The van der Waals surface area contributed by atoms with Crippen molar-refractivity contribution in [1.82, 2.24) is 0 Å². The SMILES string of the molecule is CCCc1ccc(NCCC(C)C(=O)O)cc1. The first kappa shape index (κ1) is 13.6. The number of benzene rings is 1. The van der Waals surface area contributed by atoms with Crippen molar-refractivity contribution in [3.63, 3.8) is 0 Å². The summed E-state index contributed by atoms with van der Waals surface area (Å²) in [6, 6.07) is 8.34. The lowest BCUT2D eigenvalue weighted by molar-refractivity contribution is -0.141. The number of nitrogens with one attached hydrogen (secondary N) is 1. The molecule has 0 bridgehead atoms. The van der Waals surface area contributed by atoms with Crippen LogP contribution in [-0.2, 0) is 11.2 Å². The summed E-state index contributed by atoms with van der Waals surface area (Å²) >= 11 is 0. The third kappa shape index (κ3) is 4.89. The zero-order chi connectivity index (χ0) is 12.7. The summed E-state index contributed by atoms with van der Waals surface area (Å²) in [6.07, 6.45) is 2.91. The van der Waals surface area contributed by atoms with Gasteiger partial charge in [0.1, 0.15) is 0 Å². The fraction of sp³-hybridized carbons (Fsp3) is 0.500. The fourth-order valence-electron chi connectivity index (χ4n) is 1.63. The van der Waals surface area contributed by atoms with Crippen LogP contribution in [0.15, 0.2) is 24.3 Å². The minimum absolute atomic E-state index is 0.290. The molecule has 17 heavy (non-hydrogen) atoms. The third-order valence-electron chi connectivity index (χ3n) is 2.82. The standard InChI is InChI=1S/C14H21NO2/c1-3-4-12-5-7-13(8-6-12)15-10-9-11(2)14(16)17/h5-8,11,15H,3-4,9-10H2,1-2H3,(H,16,17). The number of anilines is 1. The van der Waals surface area contributed by atoms with E-state index >= 15 is 0 Å². The van der Waals surface area contributed by atoms with Crippen molar-refractivity contribution in [1.29, 1.82) is 0 Å². The van der Waals surface area contributed by atoms with Gasteiger partial charge in [-0.15, -0.1) is 0 Å². The van der Waals surface area contributed by atoms with E-state index < -0.39 is 5.97 Å². The molecule has 0 saturated carbocycles. The quantitative estimate of drug-likeness (QED) is 0.763. The van der Waals surface area contributed by atoms with Crippen molar-refractivity contribution in [2.75, 3.05) is 11.9 Å². The average Bonchev–Trinajstić information content (AvgIpc) is 2.31. The number of carbonyl (C=O) groups is 1. The summed E-state index contributed by atoms with van der Waals surface area (Å²) in [7, 11) is 0. The molecule has 0 radical (unpaired) electrons. The zero-order valence-electron chi connectivity index (χ0n) is 10.6. The van der Waals surface area contributed by atoms with Crippen LogP contribution in [0.2, 0.25) is 0 Å². The number of hydrogen-bond donors (Lipinski definition) is 2. The van der Waals surface area contributed by atoms with Crippen LogP contribution in [0.4, 0.5) is 5.69 Å². The third-order valence-corrected chi connectivity index (χ3v) is 2.82. The number of aliphatic carboxylic acids is 1. The summed E-state index contributed by atoms with van der Waals surface area (Å²) in [5.74, 6) is -1.02. The Labute approximate surface area is 103 Å². The van der Waals surface area contributed by atoms with E-state index in [0.717, 1.165) is 18.5 Å². The van der Waals surface area contributed by atoms with Crippen LogP contribution in [0.5, 0.6) is 0 Å². The molecule has 2 N–H and O–H groups in total. The Morgan fingerprint density at radius 1 is 1.35 bits per heavy atom. The Balaban J connectivity index is 2.34. The van der Waals surface area contributed by atoms with Gasteiger partial charge < -0.3 is 10.4 Å². The minimum atomic E-state index is -0.731. The van der Waals surface area contributed by atoms with Gasteiger partial charge in [0, 0.05) is 12.2 Å². The minimum Gasteiger partial charge on any atom is -0.481 e. The van der Waals surface area contributed by atoms with E-state index in [1.807, 2.05) is 0 Å². The Morgan fingerprint density at radius 2 is 2.00 bits per heavy atom. The van der Waals surface area contributed by atoms with Gasteiger partial charge in [-0.3, -0.25) is 4.79 Å². The molecule has 0 aliphatic rings. The smallest absolute Gasteiger partial charge is 0.306 e. The molecule has 0 fully saturated rings. The van der Waals surface area contributed by atoms with Crippen molar-refractivity contribution in [2.45, 2.75) is 33.1 Å². The van der Waals surface area contributed by atoms with E-state index in [9.17, 15) is 4.79 Å². The highest BCUT2D eigenvalue weighted by Gasteiger charge is 2.09. The van der Waals surface area contributed by atoms with E-state index in [4.69, 9.17) is 5.11 Å². The number of carboxylic acid groups (broad SMARTS) is 1. The zero-order valence-corrected chi connectivity index (χ0v) is 10.6. The molecule has 3 heteroatoms.